The first kappa shape index (κ1) is 18.7. The molecule has 1 unspecified atom stereocenters. The van der Waals surface area contributed by atoms with Gasteiger partial charge in [-0.15, -0.1) is 0 Å². The molecule has 2 rings (SSSR count). The van der Waals surface area contributed by atoms with E-state index >= 15 is 0 Å². The zero-order valence-electron chi connectivity index (χ0n) is 14.1. The zero-order chi connectivity index (χ0) is 18.1. The lowest BCUT2D eigenvalue weighted by molar-refractivity contribution is -0.129. The van der Waals surface area contributed by atoms with Crippen LogP contribution in [0, 0.1) is 0 Å². The maximum atomic E-state index is 12.0. The Hall–Kier alpha value is -2.61. The number of rotatable bonds is 7. The smallest absolute Gasteiger partial charge is 0.434 e. The summed E-state index contributed by atoms with van der Waals surface area (Å²) in [5.41, 5.74) is 0.418. The molecule has 0 aromatic heterocycles. The molecule has 8 heteroatoms. The Kier molecular flexibility index (Phi) is 7.21. The number of carbonyl (C=O) groups excluding carboxylic acids is 3. The van der Waals surface area contributed by atoms with Gasteiger partial charge in [-0.1, -0.05) is 0 Å². The minimum Gasteiger partial charge on any atom is -0.434 e. The number of nitrogens with one attached hydrogen (secondary N) is 2. The summed E-state index contributed by atoms with van der Waals surface area (Å²) in [5, 5.41) is 5.42. The van der Waals surface area contributed by atoms with Crippen LogP contribution in [0.1, 0.15) is 30.1 Å². The highest BCUT2D eigenvalue weighted by atomic mass is 16.7. The first-order chi connectivity index (χ1) is 12.1. The molecule has 1 aromatic carbocycles. The van der Waals surface area contributed by atoms with Gasteiger partial charge in [0.15, 0.2) is 0 Å². The zero-order valence-corrected chi connectivity index (χ0v) is 14.1. The fraction of sp³-hybridized carbons (Fsp3) is 0.471. The summed E-state index contributed by atoms with van der Waals surface area (Å²) in [6.45, 7) is 3.15. The van der Waals surface area contributed by atoms with Crippen LogP contribution >= 0.6 is 0 Å². The highest BCUT2D eigenvalue weighted by Crippen LogP contribution is 2.13. The van der Waals surface area contributed by atoms with E-state index in [0.717, 1.165) is 12.8 Å². The molecule has 1 atom stereocenters. The van der Waals surface area contributed by atoms with Crippen molar-refractivity contribution in [3.63, 3.8) is 0 Å². The average molecular weight is 350 g/mol. The number of carbonyl (C=O) groups is 3. The topological polar surface area (TPSA) is 103 Å². The molecule has 1 aromatic rings. The summed E-state index contributed by atoms with van der Waals surface area (Å²) in [6.07, 6.45) is 0.465. The molecular weight excluding hydrogens is 328 g/mol. The second-order valence-electron chi connectivity index (χ2n) is 5.36. The van der Waals surface area contributed by atoms with E-state index in [1.807, 2.05) is 0 Å². The largest absolute Gasteiger partial charge is 0.513 e. The average Bonchev–Trinajstić information content (AvgIpc) is 3.14. The molecule has 1 fully saturated rings. The highest BCUT2D eigenvalue weighted by molar-refractivity contribution is 5.94. The lowest BCUT2D eigenvalue weighted by Gasteiger charge is -2.11. The van der Waals surface area contributed by atoms with E-state index in [1.165, 1.54) is 24.3 Å². The molecule has 0 spiro atoms. The summed E-state index contributed by atoms with van der Waals surface area (Å²) in [5.74, 6) is -0.139. The van der Waals surface area contributed by atoms with Gasteiger partial charge in [0, 0.05) is 25.3 Å². The number of benzene rings is 1. The van der Waals surface area contributed by atoms with Crippen molar-refractivity contribution in [1.29, 1.82) is 0 Å². The Morgan fingerprint density at radius 2 is 1.88 bits per heavy atom. The number of hydrogen-bond donors (Lipinski definition) is 2. The summed E-state index contributed by atoms with van der Waals surface area (Å²) in [4.78, 5) is 34.9. The molecule has 1 heterocycles. The molecule has 0 saturated carbocycles. The molecule has 1 saturated heterocycles. The van der Waals surface area contributed by atoms with Gasteiger partial charge >= 0.3 is 6.16 Å². The Bertz CT molecular complexity index is 596. The molecule has 8 nitrogen and oxygen atoms in total. The van der Waals surface area contributed by atoms with Crippen molar-refractivity contribution in [3.05, 3.63) is 29.8 Å². The standard InChI is InChI=1S/C17H22N2O6/c1-2-23-17(22)25-13-7-5-12(6-8-13)15(20)18-9-10-19-16(21)14-4-3-11-24-14/h5-8,14H,2-4,9-11H2,1H3,(H,18,20)(H,19,21). The van der Waals surface area contributed by atoms with Crippen LogP contribution in [-0.2, 0) is 14.3 Å². The monoisotopic (exact) mass is 350 g/mol. The Morgan fingerprint density at radius 1 is 1.16 bits per heavy atom. The van der Waals surface area contributed by atoms with Gasteiger partial charge in [0.1, 0.15) is 11.9 Å². The third-order valence-corrected chi connectivity index (χ3v) is 3.51. The predicted molar refractivity (Wildman–Crippen MR) is 88.4 cm³/mol. The minimum absolute atomic E-state index is 0.146. The maximum absolute atomic E-state index is 12.0. The lowest BCUT2D eigenvalue weighted by atomic mass is 10.2. The van der Waals surface area contributed by atoms with Crippen LogP contribution in [0.3, 0.4) is 0 Å². The van der Waals surface area contributed by atoms with Gasteiger partial charge < -0.3 is 24.8 Å². The van der Waals surface area contributed by atoms with Crippen LogP contribution < -0.4 is 15.4 Å². The molecule has 2 N–H and O–H groups in total. The Balaban J connectivity index is 1.69. The molecule has 1 aliphatic heterocycles. The second-order valence-corrected chi connectivity index (χ2v) is 5.36. The highest BCUT2D eigenvalue weighted by Gasteiger charge is 2.22. The molecule has 136 valence electrons. The van der Waals surface area contributed by atoms with Crippen molar-refractivity contribution in [3.8, 4) is 5.75 Å². The molecule has 0 aliphatic carbocycles. The predicted octanol–water partition coefficient (Wildman–Crippen LogP) is 1.25. The number of amides is 2. The minimum atomic E-state index is -0.790. The third-order valence-electron chi connectivity index (χ3n) is 3.51. The second kappa shape index (κ2) is 9.63. The first-order valence-corrected chi connectivity index (χ1v) is 8.22. The number of hydrogen-bond acceptors (Lipinski definition) is 6. The van der Waals surface area contributed by atoms with Crippen LogP contribution in [0.4, 0.5) is 4.79 Å². The van der Waals surface area contributed by atoms with Crippen molar-refractivity contribution in [1.82, 2.24) is 10.6 Å². The van der Waals surface area contributed by atoms with Gasteiger partial charge in [0.05, 0.1) is 6.61 Å². The normalized spacial score (nSPS) is 16.1. The molecule has 2 amide bonds. The van der Waals surface area contributed by atoms with Crippen molar-refractivity contribution in [2.45, 2.75) is 25.9 Å². The molecule has 1 aliphatic rings. The van der Waals surface area contributed by atoms with Gasteiger partial charge in [-0.25, -0.2) is 4.79 Å². The van der Waals surface area contributed by atoms with Gasteiger partial charge in [-0.3, -0.25) is 9.59 Å². The Morgan fingerprint density at radius 3 is 2.52 bits per heavy atom. The van der Waals surface area contributed by atoms with Crippen molar-refractivity contribution < 1.29 is 28.6 Å². The van der Waals surface area contributed by atoms with Gasteiger partial charge in [0.2, 0.25) is 5.91 Å². The molecular formula is C17H22N2O6. The summed E-state index contributed by atoms with van der Waals surface area (Å²) < 4.78 is 14.8. The quantitative estimate of drug-likeness (QED) is 0.436. The fourth-order valence-electron chi connectivity index (χ4n) is 2.28. The van der Waals surface area contributed by atoms with Crippen LogP contribution in [0.5, 0.6) is 5.75 Å². The van der Waals surface area contributed by atoms with Gasteiger partial charge in [-0.05, 0) is 44.0 Å². The van der Waals surface area contributed by atoms with Gasteiger partial charge in [0.25, 0.3) is 5.91 Å². The van der Waals surface area contributed by atoms with E-state index in [4.69, 9.17) is 9.47 Å². The van der Waals surface area contributed by atoms with Crippen molar-refractivity contribution >= 4 is 18.0 Å². The van der Waals surface area contributed by atoms with Crippen LogP contribution in [0.25, 0.3) is 0 Å². The molecule has 0 radical (unpaired) electrons. The lowest BCUT2D eigenvalue weighted by Crippen LogP contribution is -2.39. The van der Waals surface area contributed by atoms with Crippen LogP contribution in [0.2, 0.25) is 0 Å². The third kappa shape index (κ3) is 6.07. The Labute approximate surface area is 145 Å². The van der Waals surface area contributed by atoms with E-state index in [1.54, 1.807) is 6.92 Å². The van der Waals surface area contributed by atoms with Crippen LogP contribution in [-0.4, -0.2) is 50.4 Å². The van der Waals surface area contributed by atoms with E-state index in [-0.39, 0.29) is 24.5 Å². The summed E-state index contributed by atoms with van der Waals surface area (Å²) >= 11 is 0. The van der Waals surface area contributed by atoms with E-state index in [9.17, 15) is 14.4 Å². The van der Waals surface area contributed by atoms with E-state index in [0.29, 0.717) is 31.0 Å². The SMILES string of the molecule is CCOC(=O)Oc1ccc(C(=O)NCCNC(=O)C2CCCO2)cc1. The maximum Gasteiger partial charge on any atom is 0.513 e. The molecule has 25 heavy (non-hydrogen) atoms. The van der Waals surface area contributed by atoms with E-state index in [2.05, 4.69) is 15.4 Å². The first-order valence-electron chi connectivity index (χ1n) is 8.22. The van der Waals surface area contributed by atoms with Crippen molar-refractivity contribution in [2.75, 3.05) is 26.3 Å². The van der Waals surface area contributed by atoms with Gasteiger partial charge in [-0.2, -0.15) is 0 Å². The fourth-order valence-corrected chi connectivity index (χ4v) is 2.28. The van der Waals surface area contributed by atoms with Crippen molar-refractivity contribution in [2.24, 2.45) is 0 Å². The number of ether oxygens (including phenoxy) is 3. The summed E-state index contributed by atoms with van der Waals surface area (Å²) in [7, 11) is 0. The van der Waals surface area contributed by atoms with E-state index < -0.39 is 6.16 Å². The summed E-state index contributed by atoms with van der Waals surface area (Å²) in [6, 6.07) is 6.08. The molecule has 0 bridgehead atoms. The van der Waals surface area contributed by atoms with Crippen LogP contribution in [0.15, 0.2) is 24.3 Å².